The zero-order valence-corrected chi connectivity index (χ0v) is 17.3. The molecule has 3 N–H and O–H groups in total. The molecule has 1 aromatic heterocycles. The number of benzene rings is 1. The van der Waals surface area contributed by atoms with E-state index in [-0.39, 0.29) is 17.9 Å². The summed E-state index contributed by atoms with van der Waals surface area (Å²) in [5, 5.41) is 17.2. The molecule has 1 aliphatic rings. The fourth-order valence-electron chi connectivity index (χ4n) is 3.17. The van der Waals surface area contributed by atoms with E-state index in [0.717, 1.165) is 9.87 Å². The molecule has 2 aromatic rings. The smallest absolute Gasteiger partial charge is 0.280 e. The lowest BCUT2D eigenvalue weighted by Gasteiger charge is -2.36. The van der Waals surface area contributed by atoms with Crippen molar-refractivity contribution >= 4 is 33.4 Å². The third-order valence-electron chi connectivity index (χ3n) is 4.77. The normalized spacial score (nSPS) is 22.1. The van der Waals surface area contributed by atoms with Crippen molar-refractivity contribution in [1.29, 1.82) is 0 Å². The van der Waals surface area contributed by atoms with Crippen LogP contribution in [-0.4, -0.2) is 46.6 Å². The zero-order valence-electron chi connectivity index (χ0n) is 15.7. The van der Waals surface area contributed by atoms with Gasteiger partial charge in [0.1, 0.15) is 11.8 Å². The van der Waals surface area contributed by atoms with Crippen LogP contribution in [-0.2, 0) is 21.5 Å². The number of nitrogens with zero attached hydrogens (tertiary/aromatic N) is 3. The predicted molar refractivity (Wildman–Crippen MR) is 105 cm³/mol. The number of hydrogen-bond donors (Lipinski definition) is 3. The molecule has 1 amide bonds. The average molecular weight is 428 g/mol. The molecule has 2 atom stereocenters. The van der Waals surface area contributed by atoms with Crippen LogP contribution in [0.5, 0.6) is 5.75 Å². The highest BCUT2D eigenvalue weighted by molar-refractivity contribution is 7.87. The Kier molecular flexibility index (Phi) is 5.67. The van der Waals surface area contributed by atoms with E-state index in [9.17, 15) is 18.3 Å². The number of aromatic nitrogens is 2. The number of likely N-dealkylation sites (N-methyl/N-ethyl adjacent to an activating group) is 1. The summed E-state index contributed by atoms with van der Waals surface area (Å²) in [6.45, 7) is 4.38. The number of phenols is 1. The lowest BCUT2D eigenvalue weighted by Crippen LogP contribution is -2.56. The minimum Gasteiger partial charge on any atom is -0.506 e. The monoisotopic (exact) mass is 427 g/mol. The van der Waals surface area contributed by atoms with Crippen molar-refractivity contribution in [2.45, 2.75) is 38.9 Å². The SMILES string of the molecule is CCn1cc(C2CC(C(=O)Nc3cc(Cl)ccc3O)N(C)S(=O)(=O)N2)c(C)n1. The molecule has 11 heteroatoms. The number of aryl methyl sites for hydroxylation is 2. The second-order valence-corrected chi connectivity index (χ2v) is 8.82. The average Bonchev–Trinajstić information content (AvgIpc) is 3.01. The molecule has 0 bridgehead atoms. The van der Waals surface area contributed by atoms with Crippen LogP contribution in [0.1, 0.15) is 30.6 Å². The van der Waals surface area contributed by atoms with Gasteiger partial charge in [-0.1, -0.05) is 11.6 Å². The molecule has 0 saturated carbocycles. The summed E-state index contributed by atoms with van der Waals surface area (Å²) in [6, 6.07) is 2.67. The third-order valence-corrected chi connectivity index (χ3v) is 6.60. The number of hydrogen-bond acceptors (Lipinski definition) is 5. The number of phenolic OH excluding ortho intramolecular Hbond substituents is 1. The largest absolute Gasteiger partial charge is 0.506 e. The van der Waals surface area contributed by atoms with E-state index in [2.05, 4.69) is 15.1 Å². The van der Waals surface area contributed by atoms with Gasteiger partial charge < -0.3 is 10.4 Å². The molecule has 1 aromatic carbocycles. The van der Waals surface area contributed by atoms with Crippen LogP contribution in [0.3, 0.4) is 0 Å². The van der Waals surface area contributed by atoms with Crippen molar-refractivity contribution < 1.29 is 18.3 Å². The van der Waals surface area contributed by atoms with E-state index in [0.29, 0.717) is 17.3 Å². The molecule has 0 radical (unpaired) electrons. The van der Waals surface area contributed by atoms with E-state index >= 15 is 0 Å². The summed E-state index contributed by atoms with van der Waals surface area (Å²) in [5.41, 5.74) is 1.54. The van der Waals surface area contributed by atoms with Crippen LogP contribution in [0.4, 0.5) is 5.69 Å². The number of carbonyl (C=O) groups is 1. The van der Waals surface area contributed by atoms with E-state index in [1.165, 1.54) is 25.2 Å². The van der Waals surface area contributed by atoms with Crippen molar-refractivity contribution in [2.24, 2.45) is 0 Å². The Labute approximate surface area is 168 Å². The summed E-state index contributed by atoms with van der Waals surface area (Å²) < 4.78 is 30.5. The predicted octanol–water partition coefficient (Wildman–Crippen LogP) is 1.79. The first kappa shape index (κ1) is 20.6. The molecule has 2 unspecified atom stereocenters. The van der Waals surface area contributed by atoms with Gasteiger partial charge >= 0.3 is 0 Å². The minimum atomic E-state index is -3.88. The standard InChI is InChI=1S/C17H22ClN5O4S/c1-4-23-9-12(10(2)20-23)13-8-15(22(3)28(26,27)21-13)17(25)19-14-7-11(18)5-6-16(14)24/h5-7,9,13,15,21,24H,4,8H2,1-3H3,(H,19,25). The Bertz CT molecular complexity index is 1010. The number of carbonyl (C=O) groups excluding carboxylic acids is 1. The summed E-state index contributed by atoms with van der Waals surface area (Å²) in [7, 11) is -2.54. The maximum atomic E-state index is 12.8. The highest BCUT2D eigenvalue weighted by Crippen LogP contribution is 2.31. The fourth-order valence-corrected chi connectivity index (χ4v) is 4.61. The van der Waals surface area contributed by atoms with E-state index < -0.39 is 28.2 Å². The quantitative estimate of drug-likeness (QED) is 0.643. The second kappa shape index (κ2) is 7.70. The molecule has 1 aliphatic heterocycles. The molecule has 2 heterocycles. The van der Waals surface area contributed by atoms with Gasteiger partial charge in [-0.15, -0.1) is 0 Å². The third kappa shape index (κ3) is 4.00. The number of aromatic hydroxyl groups is 1. The molecule has 3 rings (SSSR count). The van der Waals surface area contributed by atoms with Crippen molar-refractivity contribution in [3.63, 3.8) is 0 Å². The van der Waals surface area contributed by atoms with Gasteiger partial charge in [-0.2, -0.15) is 22.5 Å². The Morgan fingerprint density at radius 2 is 2.18 bits per heavy atom. The Balaban J connectivity index is 1.89. The number of amides is 1. The van der Waals surface area contributed by atoms with Crippen molar-refractivity contribution in [3.8, 4) is 5.75 Å². The number of anilines is 1. The van der Waals surface area contributed by atoms with Gasteiger partial charge in [0.25, 0.3) is 10.2 Å². The first-order valence-corrected chi connectivity index (χ1v) is 10.5. The Morgan fingerprint density at radius 3 is 2.82 bits per heavy atom. The molecule has 9 nitrogen and oxygen atoms in total. The molecule has 1 saturated heterocycles. The molecule has 0 aliphatic carbocycles. The van der Waals surface area contributed by atoms with Crippen LogP contribution in [0.15, 0.2) is 24.4 Å². The summed E-state index contributed by atoms with van der Waals surface area (Å²) in [5.74, 6) is -0.718. The first-order chi connectivity index (χ1) is 13.1. The van der Waals surface area contributed by atoms with Crippen LogP contribution < -0.4 is 10.0 Å². The molecular formula is C17H22ClN5O4S. The van der Waals surface area contributed by atoms with Gasteiger partial charge in [-0.25, -0.2) is 0 Å². The van der Waals surface area contributed by atoms with Crippen LogP contribution >= 0.6 is 11.6 Å². The van der Waals surface area contributed by atoms with Gasteiger partial charge in [0.15, 0.2) is 0 Å². The van der Waals surface area contributed by atoms with Crippen LogP contribution in [0.25, 0.3) is 0 Å². The van der Waals surface area contributed by atoms with Crippen LogP contribution in [0, 0.1) is 6.92 Å². The topological polar surface area (TPSA) is 117 Å². The summed E-state index contributed by atoms with van der Waals surface area (Å²) in [4.78, 5) is 12.8. The lowest BCUT2D eigenvalue weighted by atomic mass is 10.00. The fraction of sp³-hybridized carbons (Fsp3) is 0.412. The first-order valence-electron chi connectivity index (χ1n) is 8.71. The van der Waals surface area contributed by atoms with Gasteiger partial charge in [0.2, 0.25) is 5.91 Å². The summed E-state index contributed by atoms with van der Waals surface area (Å²) >= 11 is 5.91. The van der Waals surface area contributed by atoms with Crippen molar-refractivity contribution in [3.05, 3.63) is 40.7 Å². The molecule has 28 heavy (non-hydrogen) atoms. The van der Waals surface area contributed by atoms with Crippen molar-refractivity contribution in [2.75, 3.05) is 12.4 Å². The number of halogens is 1. The van der Waals surface area contributed by atoms with Crippen molar-refractivity contribution in [1.82, 2.24) is 18.8 Å². The van der Waals surface area contributed by atoms with Gasteiger partial charge in [-0.05, 0) is 38.5 Å². The van der Waals surface area contributed by atoms with Crippen LogP contribution in [0.2, 0.25) is 5.02 Å². The lowest BCUT2D eigenvalue weighted by molar-refractivity contribution is -0.120. The summed E-state index contributed by atoms with van der Waals surface area (Å²) in [6.07, 6.45) is 1.99. The second-order valence-electron chi connectivity index (χ2n) is 6.62. The molecule has 0 spiro atoms. The maximum absolute atomic E-state index is 12.8. The van der Waals surface area contributed by atoms with E-state index in [1.54, 1.807) is 17.8 Å². The Hall–Kier alpha value is -2.14. The van der Waals surface area contributed by atoms with E-state index in [1.807, 2.05) is 6.92 Å². The number of nitrogens with one attached hydrogen (secondary N) is 2. The van der Waals surface area contributed by atoms with E-state index in [4.69, 9.17) is 11.6 Å². The highest BCUT2D eigenvalue weighted by atomic mass is 35.5. The van der Waals surface area contributed by atoms with Gasteiger partial charge in [0, 0.05) is 30.4 Å². The zero-order chi connectivity index (χ0) is 20.6. The highest BCUT2D eigenvalue weighted by Gasteiger charge is 2.41. The van der Waals surface area contributed by atoms with Gasteiger partial charge in [0.05, 0.1) is 17.4 Å². The Morgan fingerprint density at radius 1 is 1.46 bits per heavy atom. The van der Waals surface area contributed by atoms with Gasteiger partial charge in [-0.3, -0.25) is 9.48 Å². The molecular weight excluding hydrogens is 406 g/mol. The maximum Gasteiger partial charge on any atom is 0.280 e. The molecule has 1 fully saturated rings. The number of rotatable bonds is 4. The minimum absolute atomic E-state index is 0.119. The molecule has 152 valence electrons.